The second-order valence-corrected chi connectivity index (χ2v) is 8.61. The van der Waals surface area contributed by atoms with Gasteiger partial charge in [-0.3, -0.25) is 13.8 Å². The summed E-state index contributed by atoms with van der Waals surface area (Å²) in [5, 5.41) is 3.47. The number of hydrogen-bond donors (Lipinski definition) is 2. The van der Waals surface area contributed by atoms with Crippen molar-refractivity contribution in [3.8, 4) is 0 Å². The minimum Gasteiger partial charge on any atom is -0.768 e. The first-order valence-electron chi connectivity index (χ1n) is 9.96. The Bertz CT molecular complexity index is 1180. The summed E-state index contributed by atoms with van der Waals surface area (Å²) in [7, 11) is 0. The summed E-state index contributed by atoms with van der Waals surface area (Å²) in [5.74, 6) is -0.420. The van der Waals surface area contributed by atoms with Gasteiger partial charge in [-0.15, -0.1) is 0 Å². The maximum atomic E-state index is 13.0. The van der Waals surface area contributed by atoms with Crippen LogP contribution in [0.4, 0.5) is 0 Å². The fourth-order valence-electron chi connectivity index (χ4n) is 3.71. The molecular formula is C22H26N3O4S-. The molecule has 0 spiro atoms. The average Bonchev–Trinajstić information content (AvgIpc) is 3.10. The summed E-state index contributed by atoms with van der Waals surface area (Å²) in [6, 6.07) is 6.78. The number of aryl methyl sites for hydroxylation is 2. The molecule has 2 N–H and O–H groups in total. The number of aromatic nitrogens is 2. The van der Waals surface area contributed by atoms with Crippen LogP contribution in [0.1, 0.15) is 60.4 Å². The van der Waals surface area contributed by atoms with Crippen LogP contribution < -0.4 is 10.9 Å². The van der Waals surface area contributed by atoms with E-state index in [1.54, 1.807) is 6.07 Å². The molecule has 2 heterocycles. The molecule has 8 heteroatoms. The number of hydrogen-bond acceptors (Lipinski definition) is 4. The Morgan fingerprint density at radius 3 is 2.67 bits per heavy atom. The number of amides is 1. The predicted octanol–water partition coefficient (Wildman–Crippen LogP) is 3.34. The van der Waals surface area contributed by atoms with Crippen molar-refractivity contribution in [3.63, 3.8) is 0 Å². The number of aromatic amines is 1. The Kier molecular flexibility index (Phi) is 6.58. The molecule has 0 aliphatic rings. The van der Waals surface area contributed by atoms with E-state index in [4.69, 9.17) is 0 Å². The molecule has 0 fully saturated rings. The first-order valence-corrected chi connectivity index (χ1v) is 11.0. The van der Waals surface area contributed by atoms with E-state index in [2.05, 4.69) is 10.3 Å². The van der Waals surface area contributed by atoms with Gasteiger partial charge < -0.3 is 19.4 Å². The van der Waals surface area contributed by atoms with Gasteiger partial charge in [-0.05, 0) is 68.1 Å². The number of carbonyl (C=O) groups is 1. The third-order valence-electron chi connectivity index (χ3n) is 5.11. The van der Waals surface area contributed by atoms with Crippen LogP contribution in [-0.2, 0) is 24.0 Å². The molecule has 1 atom stereocenters. The Balaban J connectivity index is 1.98. The lowest BCUT2D eigenvalue weighted by Gasteiger charge is -2.15. The van der Waals surface area contributed by atoms with Crippen LogP contribution in [0.25, 0.3) is 10.9 Å². The highest BCUT2D eigenvalue weighted by atomic mass is 32.2. The van der Waals surface area contributed by atoms with Crippen LogP contribution in [0.5, 0.6) is 0 Å². The third kappa shape index (κ3) is 4.39. The summed E-state index contributed by atoms with van der Waals surface area (Å²) in [5.41, 5.74) is 2.94. The van der Waals surface area contributed by atoms with Gasteiger partial charge in [0.2, 0.25) is 0 Å². The molecule has 30 heavy (non-hydrogen) atoms. The Morgan fingerprint density at radius 1 is 1.30 bits per heavy atom. The third-order valence-corrected chi connectivity index (χ3v) is 5.73. The monoisotopic (exact) mass is 428 g/mol. The summed E-state index contributed by atoms with van der Waals surface area (Å²) in [4.78, 5) is 28.3. The van der Waals surface area contributed by atoms with Crippen LogP contribution in [0.3, 0.4) is 0 Å². The normalized spacial score (nSPS) is 12.5. The van der Waals surface area contributed by atoms with E-state index < -0.39 is 17.0 Å². The minimum atomic E-state index is -2.47. The molecule has 160 valence electrons. The largest absolute Gasteiger partial charge is 0.768 e. The highest BCUT2D eigenvalue weighted by Gasteiger charge is 2.17. The molecule has 2 aromatic heterocycles. The molecule has 1 unspecified atom stereocenters. The quantitative estimate of drug-likeness (QED) is 0.563. The van der Waals surface area contributed by atoms with Crippen molar-refractivity contribution >= 4 is 27.9 Å². The number of nitrogens with one attached hydrogen (secondary N) is 2. The van der Waals surface area contributed by atoms with Crippen molar-refractivity contribution in [1.82, 2.24) is 14.9 Å². The van der Waals surface area contributed by atoms with E-state index in [1.165, 1.54) is 6.07 Å². The number of benzene rings is 1. The van der Waals surface area contributed by atoms with Crippen molar-refractivity contribution in [2.75, 3.05) is 0 Å². The van der Waals surface area contributed by atoms with Crippen molar-refractivity contribution < 1.29 is 13.6 Å². The molecule has 0 bridgehead atoms. The van der Waals surface area contributed by atoms with E-state index in [0.29, 0.717) is 16.5 Å². The zero-order valence-corrected chi connectivity index (χ0v) is 18.4. The summed E-state index contributed by atoms with van der Waals surface area (Å²) in [6.07, 6.45) is 3.46. The predicted molar refractivity (Wildman–Crippen MR) is 116 cm³/mol. The minimum absolute atomic E-state index is 0.0492. The highest BCUT2D eigenvalue weighted by molar-refractivity contribution is 7.79. The summed E-state index contributed by atoms with van der Waals surface area (Å²) >= 11 is -2.47. The van der Waals surface area contributed by atoms with Crippen molar-refractivity contribution in [1.29, 1.82) is 0 Å². The second-order valence-electron chi connectivity index (χ2n) is 7.67. The molecule has 0 saturated heterocycles. The van der Waals surface area contributed by atoms with Gasteiger partial charge in [0, 0.05) is 45.9 Å². The van der Waals surface area contributed by atoms with Gasteiger partial charge in [0.05, 0.1) is 5.52 Å². The fourth-order valence-corrected chi connectivity index (χ4v) is 4.13. The number of rotatable bonds is 7. The lowest BCUT2D eigenvalue weighted by atomic mass is 10.0. The zero-order valence-electron chi connectivity index (χ0n) is 17.6. The zero-order chi connectivity index (χ0) is 22.0. The van der Waals surface area contributed by atoms with Gasteiger partial charge in [0.25, 0.3) is 11.5 Å². The number of pyridine rings is 1. The van der Waals surface area contributed by atoms with Gasteiger partial charge >= 0.3 is 0 Å². The van der Waals surface area contributed by atoms with Gasteiger partial charge in [0.15, 0.2) is 0 Å². The molecule has 3 aromatic rings. The molecular weight excluding hydrogens is 402 g/mol. The van der Waals surface area contributed by atoms with Crippen LogP contribution in [0.15, 0.2) is 40.2 Å². The number of nitrogens with zero attached hydrogens (tertiary/aromatic N) is 1. The smallest absolute Gasteiger partial charge is 0.253 e. The number of H-pyrrole nitrogens is 1. The maximum absolute atomic E-state index is 13.0. The highest BCUT2D eigenvalue weighted by Crippen LogP contribution is 2.26. The molecule has 1 aromatic carbocycles. The van der Waals surface area contributed by atoms with Gasteiger partial charge in [0.1, 0.15) is 0 Å². The van der Waals surface area contributed by atoms with Crippen LogP contribution >= 0.6 is 0 Å². The van der Waals surface area contributed by atoms with Gasteiger partial charge in [-0.1, -0.05) is 13.3 Å². The van der Waals surface area contributed by atoms with E-state index in [9.17, 15) is 18.4 Å². The molecule has 7 nitrogen and oxygen atoms in total. The van der Waals surface area contributed by atoms with E-state index in [-0.39, 0.29) is 28.6 Å². The molecule has 1 amide bonds. The van der Waals surface area contributed by atoms with Crippen molar-refractivity contribution in [3.05, 3.63) is 63.2 Å². The summed E-state index contributed by atoms with van der Waals surface area (Å²) in [6.45, 7) is 7.90. The van der Waals surface area contributed by atoms with Crippen LogP contribution in [0.2, 0.25) is 0 Å². The van der Waals surface area contributed by atoms with Crippen molar-refractivity contribution in [2.24, 2.45) is 0 Å². The lowest BCUT2D eigenvalue weighted by molar-refractivity contribution is 0.0952. The van der Waals surface area contributed by atoms with E-state index in [1.807, 2.05) is 50.6 Å². The molecule has 0 aliphatic heterocycles. The first-order chi connectivity index (χ1) is 14.2. The van der Waals surface area contributed by atoms with Gasteiger partial charge in [-0.2, -0.15) is 0 Å². The topological polar surface area (TPSA) is 107 Å². The Morgan fingerprint density at radius 2 is 2.03 bits per heavy atom. The molecule has 0 aliphatic carbocycles. The summed E-state index contributed by atoms with van der Waals surface area (Å²) < 4.78 is 25.1. The van der Waals surface area contributed by atoms with E-state index >= 15 is 0 Å². The standard InChI is InChI=1S/C22H27N3O4S/c1-5-6-15-9-14(4)24-22(27)19(15)12-23-21(26)18-10-16(30(28)29)11-20-17(18)7-8-25(20)13(2)3/h7-11,13H,5-6,12H2,1-4H3,(H,23,26)(H,24,27)(H,28,29)/p-1. The average molecular weight is 429 g/mol. The Labute approximate surface area is 177 Å². The number of carbonyl (C=O) groups excluding carboxylic acids is 1. The molecule has 0 radical (unpaired) electrons. The van der Waals surface area contributed by atoms with E-state index in [0.717, 1.165) is 24.1 Å². The van der Waals surface area contributed by atoms with Crippen LogP contribution in [0, 0.1) is 6.92 Å². The SMILES string of the molecule is CCCc1cc(C)[nH]c(=O)c1CNC(=O)c1cc(S(=O)[O-])cc2c1ccn2C(C)C. The molecule has 3 rings (SSSR count). The second kappa shape index (κ2) is 8.97. The van der Waals surface area contributed by atoms with Crippen LogP contribution in [-0.4, -0.2) is 24.2 Å². The molecule has 0 saturated carbocycles. The fraction of sp³-hybridized carbons (Fsp3) is 0.364. The van der Waals surface area contributed by atoms with Crippen molar-refractivity contribution in [2.45, 2.75) is 58.0 Å². The van der Waals surface area contributed by atoms with Gasteiger partial charge in [-0.25, -0.2) is 0 Å². The lowest BCUT2D eigenvalue weighted by Crippen LogP contribution is -2.28. The first kappa shape index (κ1) is 22.0. The Hall–Kier alpha value is -2.71. The maximum Gasteiger partial charge on any atom is 0.253 e. The number of fused-ring (bicyclic) bond motifs is 1.